The molecule has 0 amide bonds. The summed E-state index contributed by atoms with van der Waals surface area (Å²) in [5, 5.41) is 8.42. The van der Waals surface area contributed by atoms with E-state index in [0.717, 1.165) is 0 Å². The summed E-state index contributed by atoms with van der Waals surface area (Å²) in [6.07, 6.45) is 0.0493. The van der Waals surface area contributed by atoms with Crippen LogP contribution in [0, 0.1) is 5.41 Å². The number of carbonyl (C=O) groups excluding carboxylic acids is 1. The maximum Gasteiger partial charge on any atom is 0.311 e. The Kier molecular flexibility index (Phi) is 4.60. The highest BCUT2D eigenvalue weighted by Crippen LogP contribution is 2.17. The quantitative estimate of drug-likeness (QED) is 0.706. The zero-order valence-electron chi connectivity index (χ0n) is 9.16. The number of carboxylic acids is 1. The third-order valence-electron chi connectivity index (χ3n) is 1.69. The highest BCUT2D eigenvalue weighted by Gasteiger charge is 2.24. The van der Waals surface area contributed by atoms with Gasteiger partial charge < -0.3 is 9.84 Å². The lowest BCUT2D eigenvalue weighted by molar-refractivity contribution is -0.159. The molecule has 0 aliphatic heterocycles. The Morgan fingerprint density at radius 1 is 1.36 bits per heavy atom. The summed E-state index contributed by atoms with van der Waals surface area (Å²) < 4.78 is 5.06. The van der Waals surface area contributed by atoms with Crippen LogP contribution in [-0.2, 0) is 14.3 Å². The van der Waals surface area contributed by atoms with E-state index in [1.165, 1.54) is 0 Å². The number of hydrogen-bond donors (Lipinski definition) is 1. The van der Waals surface area contributed by atoms with Crippen LogP contribution in [-0.4, -0.2) is 23.1 Å². The molecule has 1 unspecified atom stereocenters. The predicted octanol–water partition coefficient (Wildman–Crippen LogP) is 1.83. The number of hydrogen-bond acceptors (Lipinski definition) is 3. The van der Waals surface area contributed by atoms with E-state index in [1.54, 1.807) is 27.7 Å². The van der Waals surface area contributed by atoms with Crippen molar-refractivity contribution in [2.45, 2.75) is 46.6 Å². The lowest BCUT2D eigenvalue weighted by atomic mass is 9.97. The molecule has 4 nitrogen and oxygen atoms in total. The fourth-order valence-electron chi connectivity index (χ4n) is 0.745. The van der Waals surface area contributed by atoms with Gasteiger partial charge in [0.1, 0.15) is 0 Å². The van der Waals surface area contributed by atoms with Crippen LogP contribution in [0.3, 0.4) is 0 Å². The van der Waals surface area contributed by atoms with E-state index in [4.69, 9.17) is 9.84 Å². The van der Waals surface area contributed by atoms with Crippen LogP contribution in [0.2, 0.25) is 0 Å². The van der Waals surface area contributed by atoms with Crippen molar-refractivity contribution in [3.8, 4) is 0 Å². The molecular weight excluding hydrogens is 184 g/mol. The van der Waals surface area contributed by atoms with E-state index in [-0.39, 0.29) is 18.5 Å². The molecule has 0 heterocycles. The molecule has 0 radical (unpaired) electrons. The molecule has 0 aromatic heterocycles. The number of rotatable bonds is 4. The summed E-state index contributed by atoms with van der Waals surface area (Å²) in [7, 11) is 0. The van der Waals surface area contributed by atoms with Gasteiger partial charge in [-0.2, -0.15) is 0 Å². The number of carboxylic acid groups (broad SMARTS) is 1. The minimum atomic E-state index is -0.872. The number of carbonyl (C=O) groups is 2. The van der Waals surface area contributed by atoms with Crippen LogP contribution >= 0.6 is 0 Å². The molecule has 0 aromatic rings. The lowest BCUT2D eigenvalue weighted by Gasteiger charge is -2.20. The average molecular weight is 202 g/mol. The highest BCUT2D eigenvalue weighted by atomic mass is 16.5. The van der Waals surface area contributed by atoms with Crippen LogP contribution in [0.1, 0.15) is 40.5 Å². The topological polar surface area (TPSA) is 63.6 Å². The fourth-order valence-corrected chi connectivity index (χ4v) is 0.745. The van der Waals surface area contributed by atoms with Gasteiger partial charge in [0, 0.05) is 6.42 Å². The number of aliphatic carboxylic acids is 1. The molecule has 0 bridgehead atoms. The first kappa shape index (κ1) is 12.9. The second kappa shape index (κ2) is 4.98. The van der Waals surface area contributed by atoms with Crippen molar-refractivity contribution in [3.05, 3.63) is 0 Å². The van der Waals surface area contributed by atoms with E-state index in [0.29, 0.717) is 6.42 Å². The maximum absolute atomic E-state index is 11.4. The molecule has 0 fully saturated rings. The molecule has 1 atom stereocenters. The molecule has 0 spiro atoms. The van der Waals surface area contributed by atoms with Crippen molar-refractivity contribution in [3.63, 3.8) is 0 Å². The summed E-state index contributed by atoms with van der Waals surface area (Å²) in [4.78, 5) is 21.6. The Hall–Kier alpha value is -1.06. The van der Waals surface area contributed by atoms with E-state index in [1.807, 2.05) is 0 Å². The van der Waals surface area contributed by atoms with E-state index < -0.39 is 11.4 Å². The van der Waals surface area contributed by atoms with Gasteiger partial charge in [-0.3, -0.25) is 9.59 Å². The second-order valence-electron chi connectivity index (χ2n) is 4.40. The summed E-state index contributed by atoms with van der Waals surface area (Å²) in [5.41, 5.74) is -0.530. The Morgan fingerprint density at radius 3 is 2.21 bits per heavy atom. The first-order chi connectivity index (χ1) is 6.23. The van der Waals surface area contributed by atoms with Crippen molar-refractivity contribution in [2.75, 3.05) is 0 Å². The third-order valence-corrected chi connectivity index (χ3v) is 1.69. The molecule has 0 aliphatic carbocycles. The first-order valence-electron chi connectivity index (χ1n) is 4.66. The van der Waals surface area contributed by atoms with Gasteiger partial charge in [0.15, 0.2) is 0 Å². The largest absolute Gasteiger partial charge is 0.481 e. The van der Waals surface area contributed by atoms with Crippen LogP contribution in [0.15, 0.2) is 0 Å². The SMILES string of the molecule is CC(CCC(=O)O)OC(=O)C(C)(C)C. The summed E-state index contributed by atoms with van der Waals surface area (Å²) >= 11 is 0. The molecule has 82 valence electrons. The normalized spacial score (nSPS) is 13.4. The molecule has 0 saturated heterocycles. The number of ether oxygens (including phenoxy) is 1. The zero-order valence-corrected chi connectivity index (χ0v) is 9.16. The van der Waals surface area contributed by atoms with Crippen molar-refractivity contribution in [1.29, 1.82) is 0 Å². The second-order valence-corrected chi connectivity index (χ2v) is 4.40. The van der Waals surface area contributed by atoms with Crippen molar-refractivity contribution in [1.82, 2.24) is 0 Å². The monoisotopic (exact) mass is 202 g/mol. The highest BCUT2D eigenvalue weighted by molar-refractivity contribution is 5.75. The molecule has 0 aromatic carbocycles. The number of esters is 1. The maximum atomic E-state index is 11.4. The fraction of sp³-hybridized carbons (Fsp3) is 0.800. The Labute approximate surface area is 84.3 Å². The van der Waals surface area contributed by atoms with Crippen molar-refractivity contribution < 1.29 is 19.4 Å². The molecule has 14 heavy (non-hydrogen) atoms. The average Bonchev–Trinajstić information content (AvgIpc) is 1.99. The van der Waals surface area contributed by atoms with Gasteiger partial charge in [-0.1, -0.05) is 0 Å². The molecule has 0 saturated carbocycles. The lowest BCUT2D eigenvalue weighted by Crippen LogP contribution is -2.27. The smallest absolute Gasteiger partial charge is 0.311 e. The van der Waals surface area contributed by atoms with Gasteiger partial charge >= 0.3 is 11.9 Å². The van der Waals surface area contributed by atoms with Crippen LogP contribution < -0.4 is 0 Å². The van der Waals surface area contributed by atoms with Gasteiger partial charge in [0.25, 0.3) is 0 Å². The molecular formula is C10H18O4. The third kappa shape index (κ3) is 5.56. The standard InChI is InChI=1S/C10H18O4/c1-7(5-6-8(11)12)14-9(13)10(2,3)4/h7H,5-6H2,1-4H3,(H,11,12). The first-order valence-corrected chi connectivity index (χ1v) is 4.66. The zero-order chi connectivity index (χ0) is 11.4. The van der Waals surface area contributed by atoms with E-state index in [9.17, 15) is 9.59 Å². The predicted molar refractivity (Wildman–Crippen MR) is 51.9 cm³/mol. The van der Waals surface area contributed by atoms with Gasteiger partial charge in [-0.25, -0.2) is 0 Å². The van der Waals surface area contributed by atoms with E-state index in [2.05, 4.69) is 0 Å². The Balaban J connectivity index is 3.89. The summed E-state index contributed by atoms with van der Waals surface area (Å²) in [6.45, 7) is 6.99. The van der Waals surface area contributed by atoms with Crippen LogP contribution in [0.5, 0.6) is 0 Å². The van der Waals surface area contributed by atoms with Crippen LogP contribution in [0.25, 0.3) is 0 Å². The van der Waals surface area contributed by atoms with E-state index >= 15 is 0 Å². The Bertz CT molecular complexity index is 215. The summed E-state index contributed by atoms with van der Waals surface area (Å²) in [6, 6.07) is 0. The Morgan fingerprint density at radius 2 is 1.86 bits per heavy atom. The van der Waals surface area contributed by atoms with Gasteiger partial charge in [0.2, 0.25) is 0 Å². The molecule has 0 rings (SSSR count). The molecule has 0 aliphatic rings. The molecule has 4 heteroatoms. The van der Waals surface area contributed by atoms with Crippen molar-refractivity contribution in [2.24, 2.45) is 5.41 Å². The van der Waals surface area contributed by atoms with Gasteiger partial charge in [-0.15, -0.1) is 0 Å². The summed E-state index contributed by atoms with van der Waals surface area (Å²) in [5.74, 6) is -1.17. The van der Waals surface area contributed by atoms with Crippen LogP contribution in [0.4, 0.5) is 0 Å². The minimum Gasteiger partial charge on any atom is -0.481 e. The van der Waals surface area contributed by atoms with Gasteiger partial charge in [0.05, 0.1) is 11.5 Å². The van der Waals surface area contributed by atoms with Gasteiger partial charge in [-0.05, 0) is 34.1 Å². The molecule has 1 N–H and O–H groups in total. The van der Waals surface area contributed by atoms with Crippen molar-refractivity contribution >= 4 is 11.9 Å². The minimum absolute atomic E-state index is 0.0264.